The van der Waals surface area contributed by atoms with E-state index in [1.807, 2.05) is 0 Å². The molecule has 2 atom stereocenters. The number of alkyl halides is 2. The van der Waals surface area contributed by atoms with Crippen molar-refractivity contribution in [2.24, 2.45) is 0 Å². The molecule has 0 amide bonds. The first-order chi connectivity index (χ1) is 13.5. The summed E-state index contributed by atoms with van der Waals surface area (Å²) in [5.74, 6) is -3.00. The average molecular weight is 400 g/mol. The number of fused-ring (bicyclic) bond motifs is 2. The summed E-state index contributed by atoms with van der Waals surface area (Å²) >= 11 is 0. The van der Waals surface area contributed by atoms with Gasteiger partial charge in [0.25, 0.3) is 5.88 Å². The molecule has 1 saturated carbocycles. The monoisotopic (exact) mass is 400 g/mol. The van der Waals surface area contributed by atoms with Crippen LogP contribution in [-0.4, -0.2) is 72.3 Å². The number of halogens is 2. The zero-order valence-corrected chi connectivity index (χ0v) is 16.4. The number of nitrogen functional groups attached to an aromatic ring is 1. The summed E-state index contributed by atoms with van der Waals surface area (Å²) in [6.45, 7) is 0.233. The lowest BCUT2D eigenvalue weighted by atomic mass is 9.89. The molecule has 9 heteroatoms. The number of morpholine rings is 1. The molecule has 2 bridgehead atoms. The lowest BCUT2D eigenvalue weighted by molar-refractivity contribution is -0.0917. The first kappa shape index (κ1) is 19.8. The molecule has 3 heterocycles. The molecule has 0 spiro atoms. The summed E-state index contributed by atoms with van der Waals surface area (Å²) in [7, 11) is 1.23. The van der Waals surface area contributed by atoms with Crippen LogP contribution in [0.2, 0.25) is 0 Å². The van der Waals surface area contributed by atoms with Gasteiger partial charge in [0.1, 0.15) is 12.3 Å². The topological polar surface area (TPSA) is 74.8 Å². The summed E-state index contributed by atoms with van der Waals surface area (Å²) in [5.41, 5.74) is 6.23. The van der Waals surface area contributed by atoms with Gasteiger partial charge in [-0.15, -0.1) is 5.10 Å². The Bertz CT molecular complexity index is 648. The molecule has 2 saturated heterocycles. The molecule has 0 aromatic carbocycles. The standard InChI is InChI=1S/C19H30F2N4O3/c1-26-11-19(20,21)12-28-18-17(22)8-24(23-18)13-2-4-14(5-3-13)25-15-6-7-16(25)10-27-9-15/h8,13-16H,2-7,9-12,22H2,1H3/t13?,14?,15-,16?/m1/s1. The molecule has 3 aliphatic rings. The van der Waals surface area contributed by atoms with Crippen molar-refractivity contribution in [1.82, 2.24) is 14.7 Å². The molecule has 1 unspecified atom stereocenters. The molecule has 7 nitrogen and oxygen atoms in total. The maximum absolute atomic E-state index is 13.6. The van der Waals surface area contributed by atoms with Crippen molar-refractivity contribution in [2.45, 2.75) is 68.6 Å². The lowest BCUT2D eigenvalue weighted by Crippen LogP contribution is -2.52. The number of hydrogen-bond acceptors (Lipinski definition) is 6. The number of aromatic nitrogens is 2. The van der Waals surface area contributed by atoms with Crippen LogP contribution in [0.25, 0.3) is 0 Å². The van der Waals surface area contributed by atoms with Gasteiger partial charge in [-0.05, 0) is 38.5 Å². The van der Waals surface area contributed by atoms with E-state index in [1.165, 1.54) is 20.0 Å². The first-order valence-electron chi connectivity index (χ1n) is 10.2. The second kappa shape index (κ2) is 8.12. The Morgan fingerprint density at radius 3 is 2.32 bits per heavy atom. The number of hydrogen-bond donors (Lipinski definition) is 1. The van der Waals surface area contributed by atoms with Gasteiger partial charge in [-0.1, -0.05) is 0 Å². The summed E-state index contributed by atoms with van der Waals surface area (Å²) in [4.78, 5) is 2.70. The van der Waals surface area contributed by atoms with E-state index in [0.29, 0.717) is 23.8 Å². The highest BCUT2D eigenvalue weighted by Gasteiger charge is 2.42. The zero-order valence-electron chi connectivity index (χ0n) is 16.4. The number of anilines is 1. The highest BCUT2D eigenvalue weighted by atomic mass is 19.3. The predicted octanol–water partition coefficient (Wildman–Crippen LogP) is 2.47. The molecule has 1 aromatic heterocycles. The van der Waals surface area contributed by atoms with Gasteiger partial charge >= 0.3 is 5.92 Å². The van der Waals surface area contributed by atoms with Gasteiger partial charge in [-0.2, -0.15) is 0 Å². The van der Waals surface area contributed by atoms with Gasteiger partial charge in [0, 0.05) is 25.2 Å². The van der Waals surface area contributed by atoms with Crippen molar-refractivity contribution >= 4 is 5.69 Å². The summed E-state index contributed by atoms with van der Waals surface area (Å²) in [5, 5.41) is 4.34. The highest BCUT2D eigenvalue weighted by molar-refractivity contribution is 5.46. The average Bonchev–Trinajstić information content (AvgIpc) is 3.16. The molecular weight excluding hydrogens is 370 g/mol. The van der Waals surface area contributed by atoms with Gasteiger partial charge in [0.2, 0.25) is 0 Å². The van der Waals surface area contributed by atoms with E-state index < -0.39 is 19.1 Å². The van der Waals surface area contributed by atoms with E-state index in [2.05, 4.69) is 14.7 Å². The third-order valence-corrected chi connectivity index (χ3v) is 6.26. The minimum Gasteiger partial charge on any atom is -0.469 e. The Labute approximate surface area is 164 Å². The van der Waals surface area contributed by atoms with Gasteiger partial charge in [0.15, 0.2) is 6.61 Å². The molecule has 158 valence electrons. The SMILES string of the molecule is COCC(F)(F)COc1nn(C2CCC(N3C4CC[C@@H]3COC4)CC2)cc1N. The molecule has 4 rings (SSSR count). The first-order valence-corrected chi connectivity index (χ1v) is 10.2. The molecule has 0 radical (unpaired) electrons. The summed E-state index contributed by atoms with van der Waals surface area (Å²) in [6, 6.07) is 1.99. The zero-order chi connectivity index (χ0) is 19.7. The Morgan fingerprint density at radius 1 is 1.07 bits per heavy atom. The number of rotatable bonds is 7. The molecule has 1 aliphatic carbocycles. The molecule has 2 N–H and O–H groups in total. The fraction of sp³-hybridized carbons (Fsp3) is 0.842. The van der Waals surface area contributed by atoms with E-state index >= 15 is 0 Å². The minimum atomic E-state index is -3.07. The van der Waals surface area contributed by atoms with Crippen LogP contribution in [0.3, 0.4) is 0 Å². The van der Waals surface area contributed by atoms with E-state index in [0.717, 1.165) is 38.9 Å². The highest BCUT2D eigenvalue weighted by Crippen LogP contribution is 2.39. The summed E-state index contributed by atoms with van der Waals surface area (Å²) < 4.78 is 44.3. The maximum Gasteiger partial charge on any atom is 0.304 e. The van der Waals surface area contributed by atoms with Gasteiger partial charge < -0.3 is 19.9 Å². The second-order valence-corrected chi connectivity index (χ2v) is 8.28. The Hall–Kier alpha value is -1.45. The molecule has 1 aromatic rings. The molecule has 28 heavy (non-hydrogen) atoms. The predicted molar refractivity (Wildman–Crippen MR) is 99.7 cm³/mol. The van der Waals surface area contributed by atoms with Gasteiger partial charge in [-0.3, -0.25) is 9.58 Å². The van der Waals surface area contributed by atoms with Crippen LogP contribution in [0.5, 0.6) is 5.88 Å². The van der Waals surface area contributed by atoms with Crippen molar-refractivity contribution in [3.63, 3.8) is 0 Å². The number of methoxy groups -OCH3 is 1. The molecule has 2 aliphatic heterocycles. The third-order valence-electron chi connectivity index (χ3n) is 6.26. The van der Waals surface area contributed by atoms with E-state index in [1.54, 1.807) is 10.9 Å². The number of nitrogens with two attached hydrogens (primary N) is 1. The van der Waals surface area contributed by atoms with Crippen LogP contribution in [0.1, 0.15) is 44.6 Å². The number of nitrogens with zero attached hydrogens (tertiary/aromatic N) is 3. The van der Waals surface area contributed by atoms with E-state index in [-0.39, 0.29) is 11.9 Å². The van der Waals surface area contributed by atoms with Crippen LogP contribution in [0, 0.1) is 0 Å². The van der Waals surface area contributed by atoms with Crippen molar-refractivity contribution in [3.05, 3.63) is 6.20 Å². The van der Waals surface area contributed by atoms with Crippen LogP contribution in [-0.2, 0) is 9.47 Å². The quantitative estimate of drug-likeness (QED) is 0.758. The van der Waals surface area contributed by atoms with Gasteiger partial charge in [0.05, 0.1) is 25.5 Å². The third kappa shape index (κ3) is 4.11. The maximum atomic E-state index is 13.6. The lowest BCUT2D eigenvalue weighted by Gasteiger charge is -2.43. The van der Waals surface area contributed by atoms with E-state index in [4.69, 9.17) is 15.2 Å². The minimum absolute atomic E-state index is 0.0733. The van der Waals surface area contributed by atoms with Crippen LogP contribution in [0.15, 0.2) is 6.20 Å². The summed E-state index contributed by atoms with van der Waals surface area (Å²) in [6.07, 6.45) is 8.42. The van der Waals surface area contributed by atoms with Crippen molar-refractivity contribution < 1.29 is 23.0 Å². The van der Waals surface area contributed by atoms with Gasteiger partial charge in [-0.25, -0.2) is 8.78 Å². The Morgan fingerprint density at radius 2 is 1.68 bits per heavy atom. The fourth-order valence-corrected chi connectivity index (χ4v) is 4.99. The fourth-order valence-electron chi connectivity index (χ4n) is 4.99. The van der Waals surface area contributed by atoms with E-state index in [9.17, 15) is 8.78 Å². The van der Waals surface area contributed by atoms with Crippen molar-refractivity contribution in [2.75, 3.05) is 39.3 Å². The molecule has 3 fully saturated rings. The van der Waals surface area contributed by atoms with Crippen LogP contribution in [0.4, 0.5) is 14.5 Å². The van der Waals surface area contributed by atoms with Crippen molar-refractivity contribution in [3.8, 4) is 5.88 Å². The number of ether oxygens (including phenoxy) is 3. The largest absolute Gasteiger partial charge is 0.469 e. The Balaban J connectivity index is 1.32. The molecular formula is C19H30F2N4O3. The van der Waals surface area contributed by atoms with Crippen LogP contribution < -0.4 is 10.5 Å². The Kier molecular flexibility index (Phi) is 5.76. The normalized spacial score (nSPS) is 31.2. The second-order valence-electron chi connectivity index (χ2n) is 8.28. The van der Waals surface area contributed by atoms with Crippen LogP contribution >= 0.6 is 0 Å². The van der Waals surface area contributed by atoms with Crippen molar-refractivity contribution in [1.29, 1.82) is 0 Å². The smallest absolute Gasteiger partial charge is 0.304 e.